The van der Waals surface area contributed by atoms with E-state index < -0.39 is 0 Å². The molecule has 7 rings (SSSR count). The first-order chi connectivity index (χ1) is 20.3. The third-order valence-corrected chi connectivity index (χ3v) is 8.33. The second-order valence-electron chi connectivity index (χ2n) is 10.8. The molecule has 4 aromatic carbocycles. The molecule has 0 unspecified atom stereocenters. The number of aromatic nitrogens is 2. The molecule has 0 aliphatic heterocycles. The van der Waals surface area contributed by atoms with Crippen LogP contribution in [0.5, 0.6) is 0 Å². The van der Waals surface area contributed by atoms with Crippen LogP contribution in [0.15, 0.2) is 133 Å². The van der Waals surface area contributed by atoms with Crippen molar-refractivity contribution in [1.29, 1.82) is 0 Å². The fraction of sp³-hybridized carbons (Fsp3) is 0.128. The number of benzene rings is 4. The van der Waals surface area contributed by atoms with Gasteiger partial charge in [-0.15, -0.1) is 71.8 Å². The van der Waals surface area contributed by atoms with Gasteiger partial charge in [-0.1, -0.05) is 85.6 Å². The van der Waals surface area contributed by atoms with Crippen LogP contribution >= 0.6 is 0 Å². The number of nitrogens with zero attached hydrogens (tertiary/aromatic N) is 2. The quantitative estimate of drug-likeness (QED) is 0.160. The molecule has 2 aromatic heterocycles. The summed E-state index contributed by atoms with van der Waals surface area (Å²) >= 11 is 0. The van der Waals surface area contributed by atoms with Crippen molar-refractivity contribution in [3.8, 4) is 44.8 Å². The summed E-state index contributed by atoms with van der Waals surface area (Å²) in [5.41, 5.74) is 10.4. The Balaban J connectivity index is 0.00000316. The Hall–Kier alpha value is -4.13. The van der Waals surface area contributed by atoms with E-state index in [0.29, 0.717) is 0 Å². The van der Waals surface area contributed by atoms with Gasteiger partial charge in [0.25, 0.3) is 0 Å². The molecule has 0 bridgehead atoms. The number of hydrogen-bond acceptors (Lipinski definition) is 2. The largest absolute Gasteiger partial charge is 2.00 e. The van der Waals surface area contributed by atoms with E-state index >= 15 is 0 Å². The topological polar surface area (TPSA) is 25.8 Å². The fourth-order valence-electron chi connectivity index (χ4n) is 6.27. The molecule has 0 saturated heterocycles. The maximum Gasteiger partial charge on any atom is 2.00 e. The molecule has 1 aliphatic rings. The number of rotatable bonds is 6. The van der Waals surface area contributed by atoms with Crippen LogP contribution in [-0.4, -0.2) is 9.97 Å². The van der Waals surface area contributed by atoms with E-state index in [1.165, 1.54) is 0 Å². The first-order valence-electron chi connectivity index (χ1n) is 14.4. The van der Waals surface area contributed by atoms with E-state index in [1.54, 1.807) is 0 Å². The summed E-state index contributed by atoms with van der Waals surface area (Å²) in [4.78, 5) is 10.9. The molecular formula is C39H30N2Pt. The van der Waals surface area contributed by atoms with Crippen molar-refractivity contribution >= 4 is 0 Å². The van der Waals surface area contributed by atoms with E-state index in [1.807, 2.05) is 24.3 Å². The zero-order valence-electron chi connectivity index (χ0n) is 23.2. The average Bonchev–Trinajstić information content (AvgIpc) is 3.57. The van der Waals surface area contributed by atoms with Gasteiger partial charge >= 0.3 is 21.1 Å². The minimum absolute atomic E-state index is 0. The molecule has 0 atom stereocenters. The summed E-state index contributed by atoms with van der Waals surface area (Å²) in [5, 5.41) is 0. The van der Waals surface area contributed by atoms with E-state index in [9.17, 15) is 0 Å². The molecule has 3 heteroatoms. The Morgan fingerprint density at radius 1 is 0.476 bits per heavy atom. The standard InChI is InChI=1S/C39H30N2.Pt/c1-5-15-29(16-6-1)33-23-25-35(40-37(33)31-19-9-3-10-20-31)39(27-13-14-28-39)36-26-24-34(30-17-7-2-8-18-30)38(41-36)32-21-11-4-12-22-32;/h1-12,15-19,21,23-26H,13-14,27-28H2;/q-2;+2. The third kappa shape index (κ3) is 5.28. The van der Waals surface area contributed by atoms with Crippen molar-refractivity contribution in [2.24, 2.45) is 0 Å². The molecule has 0 N–H and O–H groups in total. The van der Waals surface area contributed by atoms with Crippen molar-refractivity contribution < 1.29 is 21.1 Å². The van der Waals surface area contributed by atoms with Crippen molar-refractivity contribution in [1.82, 2.24) is 9.97 Å². The van der Waals surface area contributed by atoms with E-state index in [0.717, 1.165) is 81.8 Å². The molecule has 1 fully saturated rings. The van der Waals surface area contributed by atoms with Crippen molar-refractivity contribution in [2.45, 2.75) is 31.1 Å². The summed E-state index contributed by atoms with van der Waals surface area (Å²) in [5.74, 6) is 0. The van der Waals surface area contributed by atoms with Gasteiger partial charge in [0.1, 0.15) is 0 Å². The monoisotopic (exact) mass is 721 g/mol. The second kappa shape index (κ2) is 12.4. The Bertz CT molecular complexity index is 1630. The Morgan fingerprint density at radius 3 is 1.31 bits per heavy atom. The van der Waals surface area contributed by atoms with E-state index in [4.69, 9.17) is 9.97 Å². The van der Waals surface area contributed by atoms with Gasteiger partial charge in [-0.25, -0.2) is 0 Å². The van der Waals surface area contributed by atoms with Crippen LogP contribution < -0.4 is 0 Å². The average molecular weight is 722 g/mol. The summed E-state index contributed by atoms with van der Waals surface area (Å²) in [6.07, 6.45) is 4.37. The number of hydrogen-bond donors (Lipinski definition) is 0. The van der Waals surface area contributed by atoms with E-state index in [2.05, 4.69) is 121 Å². The molecule has 0 radical (unpaired) electrons. The van der Waals surface area contributed by atoms with E-state index in [-0.39, 0.29) is 26.5 Å². The maximum atomic E-state index is 5.45. The molecule has 1 aliphatic carbocycles. The first-order valence-corrected chi connectivity index (χ1v) is 14.4. The molecular weight excluding hydrogens is 692 g/mol. The summed E-state index contributed by atoms with van der Waals surface area (Å²) < 4.78 is 0. The normalized spacial score (nSPS) is 13.8. The van der Waals surface area contributed by atoms with Gasteiger partial charge in [-0.3, -0.25) is 9.97 Å². The minimum atomic E-state index is -0.252. The van der Waals surface area contributed by atoms with Crippen LogP contribution in [-0.2, 0) is 26.5 Å². The Kier molecular flexibility index (Phi) is 8.26. The summed E-state index contributed by atoms with van der Waals surface area (Å²) in [6.45, 7) is 0. The molecule has 2 nitrogen and oxygen atoms in total. The van der Waals surface area contributed by atoms with Crippen molar-refractivity contribution in [2.75, 3.05) is 0 Å². The smallest absolute Gasteiger partial charge is 0.300 e. The first kappa shape index (κ1) is 28.0. The Morgan fingerprint density at radius 2 is 0.905 bits per heavy atom. The van der Waals surface area contributed by atoms with Gasteiger partial charge in [0.05, 0.1) is 5.41 Å². The van der Waals surface area contributed by atoms with Crippen LogP contribution in [0.2, 0.25) is 0 Å². The third-order valence-electron chi connectivity index (χ3n) is 8.33. The summed E-state index contributed by atoms with van der Waals surface area (Å²) in [6, 6.07) is 53.2. The molecule has 206 valence electrons. The van der Waals surface area contributed by atoms with Gasteiger partial charge in [0.15, 0.2) is 0 Å². The molecule has 1 saturated carbocycles. The molecule has 0 spiro atoms. The predicted octanol–water partition coefficient (Wildman–Crippen LogP) is 9.60. The fourth-order valence-corrected chi connectivity index (χ4v) is 6.27. The van der Waals surface area contributed by atoms with Crippen LogP contribution in [0.4, 0.5) is 0 Å². The molecule has 2 heterocycles. The number of pyridine rings is 2. The summed E-state index contributed by atoms with van der Waals surface area (Å²) in [7, 11) is 0. The van der Waals surface area contributed by atoms with Crippen molar-refractivity contribution in [3.63, 3.8) is 0 Å². The minimum Gasteiger partial charge on any atom is -0.300 e. The second-order valence-corrected chi connectivity index (χ2v) is 10.8. The van der Waals surface area contributed by atoms with Gasteiger partial charge in [-0.05, 0) is 58.6 Å². The van der Waals surface area contributed by atoms with Gasteiger partial charge in [0, 0.05) is 11.4 Å². The predicted molar refractivity (Wildman–Crippen MR) is 167 cm³/mol. The van der Waals surface area contributed by atoms with Crippen LogP contribution in [0, 0.1) is 12.1 Å². The van der Waals surface area contributed by atoms with Gasteiger partial charge in [0.2, 0.25) is 0 Å². The molecule has 0 amide bonds. The zero-order chi connectivity index (χ0) is 27.5. The van der Waals surface area contributed by atoms with Crippen molar-refractivity contribution in [3.05, 3.63) is 157 Å². The Labute approximate surface area is 262 Å². The van der Waals surface area contributed by atoms with Crippen LogP contribution in [0.1, 0.15) is 37.1 Å². The zero-order valence-corrected chi connectivity index (χ0v) is 25.5. The van der Waals surface area contributed by atoms with Crippen LogP contribution in [0.25, 0.3) is 44.8 Å². The SMILES string of the molecule is [Pt+2].[c-]1ccccc1-c1nc(C2(c3ccc(-c4ccccc4)c(-c4[c-]cccc4)n3)CCCC2)ccc1-c1ccccc1. The van der Waals surface area contributed by atoms with Gasteiger partial charge in [-0.2, -0.15) is 0 Å². The molecule has 42 heavy (non-hydrogen) atoms. The van der Waals surface area contributed by atoms with Gasteiger partial charge < -0.3 is 0 Å². The maximum absolute atomic E-state index is 5.45. The molecule has 6 aromatic rings. The van der Waals surface area contributed by atoms with Crippen LogP contribution in [0.3, 0.4) is 0 Å².